The fraction of sp³-hybridized carbons (Fsp3) is 0.714. The Balaban J connectivity index is 1.76. The molecule has 1 aromatic rings. The largest absolute Gasteiger partial charge is 0.378 e. The first-order valence-corrected chi connectivity index (χ1v) is 6.86. The highest BCUT2D eigenvalue weighted by atomic mass is 16.5. The minimum absolute atomic E-state index is 0.494. The Bertz CT molecular complexity index is 316. The first kappa shape index (κ1) is 12.7. The lowest BCUT2D eigenvalue weighted by Crippen LogP contribution is -2.18. The van der Waals surface area contributed by atoms with Gasteiger partial charge >= 0.3 is 0 Å². The third kappa shape index (κ3) is 3.86. The molecule has 0 spiro atoms. The van der Waals surface area contributed by atoms with Crippen LogP contribution in [0.4, 0.5) is 0 Å². The van der Waals surface area contributed by atoms with Crippen molar-refractivity contribution in [3.8, 4) is 0 Å². The SMILES string of the molecule is CCCNCc1cccn1CCC1CCCO1. The Hall–Kier alpha value is -0.800. The summed E-state index contributed by atoms with van der Waals surface area (Å²) in [5.74, 6) is 0. The number of nitrogens with one attached hydrogen (secondary N) is 1. The van der Waals surface area contributed by atoms with Crippen molar-refractivity contribution in [3.05, 3.63) is 24.0 Å². The first-order valence-electron chi connectivity index (χ1n) is 6.86. The van der Waals surface area contributed by atoms with Gasteiger partial charge in [0.05, 0.1) is 6.10 Å². The average molecular weight is 236 g/mol. The van der Waals surface area contributed by atoms with Crippen LogP contribution in [0.3, 0.4) is 0 Å². The van der Waals surface area contributed by atoms with Gasteiger partial charge in [-0.05, 0) is 44.4 Å². The molecule has 1 aliphatic rings. The van der Waals surface area contributed by atoms with Gasteiger partial charge in [-0.15, -0.1) is 0 Å². The Labute approximate surface area is 104 Å². The molecule has 0 aliphatic carbocycles. The smallest absolute Gasteiger partial charge is 0.0593 e. The van der Waals surface area contributed by atoms with Crippen molar-refractivity contribution in [2.24, 2.45) is 0 Å². The standard InChI is InChI=1S/C14H24N2O/c1-2-8-15-12-13-5-3-9-16(13)10-7-14-6-4-11-17-14/h3,5,9,14-15H,2,4,6-8,10-12H2,1H3. The number of aromatic nitrogens is 1. The third-order valence-electron chi connectivity index (χ3n) is 3.37. The zero-order chi connectivity index (χ0) is 11.9. The molecule has 2 heterocycles. The fourth-order valence-corrected chi connectivity index (χ4v) is 2.38. The molecule has 1 atom stereocenters. The lowest BCUT2D eigenvalue weighted by Gasteiger charge is -2.13. The van der Waals surface area contributed by atoms with Crippen LogP contribution in [0.1, 0.15) is 38.3 Å². The molecule has 3 heteroatoms. The Morgan fingerprint density at radius 1 is 1.53 bits per heavy atom. The predicted molar refractivity (Wildman–Crippen MR) is 70.0 cm³/mol. The highest BCUT2D eigenvalue weighted by molar-refractivity contribution is 5.06. The zero-order valence-electron chi connectivity index (χ0n) is 10.8. The quantitative estimate of drug-likeness (QED) is 0.736. The monoisotopic (exact) mass is 236 g/mol. The van der Waals surface area contributed by atoms with E-state index in [1.807, 2.05) is 0 Å². The summed E-state index contributed by atoms with van der Waals surface area (Å²) in [6.07, 6.45) is 7.49. The molecule has 96 valence electrons. The molecule has 1 unspecified atom stereocenters. The van der Waals surface area contributed by atoms with Gasteiger partial charge in [-0.3, -0.25) is 0 Å². The molecule has 3 nitrogen and oxygen atoms in total. The van der Waals surface area contributed by atoms with E-state index < -0.39 is 0 Å². The van der Waals surface area contributed by atoms with Gasteiger partial charge in [0, 0.05) is 31.6 Å². The van der Waals surface area contributed by atoms with Gasteiger partial charge in [0.1, 0.15) is 0 Å². The van der Waals surface area contributed by atoms with Crippen molar-refractivity contribution in [3.63, 3.8) is 0 Å². The van der Waals surface area contributed by atoms with E-state index in [1.54, 1.807) is 0 Å². The molecule has 1 saturated heterocycles. The second kappa shape index (κ2) is 6.82. The number of hydrogen-bond acceptors (Lipinski definition) is 2. The molecule has 1 aliphatic heterocycles. The number of hydrogen-bond donors (Lipinski definition) is 1. The Morgan fingerprint density at radius 3 is 3.24 bits per heavy atom. The summed E-state index contributed by atoms with van der Waals surface area (Å²) in [6, 6.07) is 4.34. The molecule has 2 rings (SSSR count). The topological polar surface area (TPSA) is 26.2 Å². The second-order valence-corrected chi connectivity index (χ2v) is 4.79. The van der Waals surface area contributed by atoms with Gasteiger partial charge in [-0.1, -0.05) is 6.92 Å². The van der Waals surface area contributed by atoms with Gasteiger partial charge in [0.2, 0.25) is 0 Å². The molecule has 17 heavy (non-hydrogen) atoms. The maximum absolute atomic E-state index is 5.66. The van der Waals surface area contributed by atoms with Crippen LogP contribution in [0, 0.1) is 0 Å². The van der Waals surface area contributed by atoms with Crippen LogP contribution < -0.4 is 5.32 Å². The third-order valence-corrected chi connectivity index (χ3v) is 3.37. The minimum Gasteiger partial charge on any atom is -0.378 e. The summed E-state index contributed by atoms with van der Waals surface area (Å²) in [4.78, 5) is 0. The molecular weight excluding hydrogens is 212 g/mol. The molecule has 0 aromatic carbocycles. The van der Waals surface area contributed by atoms with Crippen LogP contribution in [-0.2, 0) is 17.8 Å². The Morgan fingerprint density at radius 2 is 2.47 bits per heavy atom. The van der Waals surface area contributed by atoms with E-state index in [0.29, 0.717) is 6.10 Å². The first-order chi connectivity index (χ1) is 8.40. The van der Waals surface area contributed by atoms with Crippen molar-refractivity contribution < 1.29 is 4.74 Å². The summed E-state index contributed by atoms with van der Waals surface area (Å²) in [7, 11) is 0. The molecule has 0 amide bonds. The van der Waals surface area contributed by atoms with E-state index in [9.17, 15) is 0 Å². The van der Waals surface area contributed by atoms with Crippen LogP contribution in [0.2, 0.25) is 0 Å². The molecule has 1 N–H and O–H groups in total. The van der Waals surface area contributed by atoms with Gasteiger partial charge in [0.25, 0.3) is 0 Å². The van der Waals surface area contributed by atoms with E-state index in [0.717, 1.165) is 32.7 Å². The lowest BCUT2D eigenvalue weighted by molar-refractivity contribution is 0.100. The van der Waals surface area contributed by atoms with Gasteiger partial charge in [-0.25, -0.2) is 0 Å². The number of rotatable bonds is 7. The van der Waals surface area contributed by atoms with Crippen LogP contribution in [0.15, 0.2) is 18.3 Å². The predicted octanol–water partition coefficient (Wildman–Crippen LogP) is 2.56. The zero-order valence-corrected chi connectivity index (χ0v) is 10.8. The van der Waals surface area contributed by atoms with Crippen molar-refractivity contribution >= 4 is 0 Å². The number of nitrogens with zero attached hydrogens (tertiary/aromatic N) is 1. The van der Waals surface area contributed by atoms with E-state index in [2.05, 4.69) is 35.1 Å². The second-order valence-electron chi connectivity index (χ2n) is 4.79. The van der Waals surface area contributed by atoms with E-state index in [4.69, 9.17) is 4.74 Å². The molecule has 1 aromatic heterocycles. The molecule has 0 saturated carbocycles. The van der Waals surface area contributed by atoms with Crippen molar-refractivity contribution in [2.75, 3.05) is 13.2 Å². The number of aryl methyl sites for hydroxylation is 1. The molecule has 0 radical (unpaired) electrons. The van der Waals surface area contributed by atoms with Crippen LogP contribution in [-0.4, -0.2) is 23.8 Å². The Kier molecular flexibility index (Phi) is 5.08. The summed E-state index contributed by atoms with van der Waals surface area (Å²) in [5.41, 5.74) is 1.39. The van der Waals surface area contributed by atoms with E-state index in [-0.39, 0.29) is 0 Å². The highest BCUT2D eigenvalue weighted by Crippen LogP contribution is 2.16. The van der Waals surface area contributed by atoms with Gasteiger partial charge < -0.3 is 14.6 Å². The van der Waals surface area contributed by atoms with Crippen LogP contribution in [0.25, 0.3) is 0 Å². The van der Waals surface area contributed by atoms with Crippen molar-refractivity contribution in [1.82, 2.24) is 9.88 Å². The average Bonchev–Trinajstić information content (AvgIpc) is 2.97. The molecule has 1 fully saturated rings. The maximum atomic E-state index is 5.66. The summed E-state index contributed by atoms with van der Waals surface area (Å²) in [5, 5.41) is 3.45. The minimum atomic E-state index is 0.494. The van der Waals surface area contributed by atoms with E-state index in [1.165, 1.54) is 25.0 Å². The summed E-state index contributed by atoms with van der Waals surface area (Å²) >= 11 is 0. The van der Waals surface area contributed by atoms with Gasteiger partial charge in [-0.2, -0.15) is 0 Å². The fourth-order valence-electron chi connectivity index (χ4n) is 2.38. The normalized spacial score (nSPS) is 19.9. The van der Waals surface area contributed by atoms with Crippen molar-refractivity contribution in [2.45, 2.75) is 51.8 Å². The number of ether oxygens (including phenoxy) is 1. The molecule has 0 bridgehead atoms. The van der Waals surface area contributed by atoms with Crippen LogP contribution in [0.5, 0.6) is 0 Å². The lowest BCUT2D eigenvalue weighted by atomic mass is 10.2. The molecular formula is C14H24N2O. The van der Waals surface area contributed by atoms with Gasteiger partial charge in [0.15, 0.2) is 0 Å². The summed E-state index contributed by atoms with van der Waals surface area (Å²) in [6.45, 7) is 6.31. The van der Waals surface area contributed by atoms with E-state index >= 15 is 0 Å². The van der Waals surface area contributed by atoms with Crippen LogP contribution >= 0.6 is 0 Å². The highest BCUT2D eigenvalue weighted by Gasteiger charge is 2.15. The maximum Gasteiger partial charge on any atom is 0.0593 e. The van der Waals surface area contributed by atoms with Crippen molar-refractivity contribution in [1.29, 1.82) is 0 Å². The summed E-state index contributed by atoms with van der Waals surface area (Å²) < 4.78 is 8.01.